The van der Waals surface area contributed by atoms with Gasteiger partial charge in [-0.05, 0) is 38.5 Å². The zero-order valence-electron chi connectivity index (χ0n) is 14.8. The topological polar surface area (TPSA) is 52.2 Å². The van der Waals surface area contributed by atoms with Gasteiger partial charge in [0.15, 0.2) is 0 Å². The highest BCUT2D eigenvalue weighted by Gasteiger charge is 2.20. The molecule has 0 spiro atoms. The summed E-state index contributed by atoms with van der Waals surface area (Å²) in [5.41, 5.74) is 4.35. The number of benzene rings is 1. The van der Waals surface area contributed by atoms with Gasteiger partial charge in [0.1, 0.15) is 5.82 Å². The normalized spacial score (nSPS) is 14.5. The van der Waals surface area contributed by atoms with Gasteiger partial charge in [0, 0.05) is 44.8 Å². The molecule has 1 aromatic carbocycles. The second-order valence-corrected chi connectivity index (χ2v) is 6.38. The average molecular weight is 326 g/mol. The van der Waals surface area contributed by atoms with Crippen LogP contribution in [0.25, 0.3) is 0 Å². The minimum Gasteiger partial charge on any atom is -0.372 e. The Balaban J connectivity index is 1.70. The maximum atomic E-state index is 12.1. The molecule has 0 fully saturated rings. The predicted octanol–water partition coefficient (Wildman–Crippen LogP) is 2.48. The van der Waals surface area contributed by atoms with E-state index in [1.807, 2.05) is 6.92 Å². The molecule has 3 rings (SSSR count). The molecule has 24 heavy (non-hydrogen) atoms. The molecule has 2 heterocycles. The number of aromatic amines is 1. The van der Waals surface area contributed by atoms with Gasteiger partial charge in [-0.3, -0.25) is 9.69 Å². The van der Waals surface area contributed by atoms with Crippen LogP contribution in [-0.4, -0.2) is 34.5 Å². The summed E-state index contributed by atoms with van der Waals surface area (Å²) < 4.78 is 0. The third kappa shape index (κ3) is 3.51. The standard InChI is InChI=1S/C19H26N4O/c1-4-23(5-2)16-8-6-15(7-9-16)12-22-11-10-18-17(13-22)19(24)21-14(3)20-18/h6-9H,4-5,10-13H2,1-3H3,(H,20,21,24). The first kappa shape index (κ1) is 16.7. The zero-order chi connectivity index (χ0) is 17.1. The Kier molecular flexibility index (Phi) is 5.00. The molecule has 0 bridgehead atoms. The molecule has 0 atom stereocenters. The molecule has 1 N–H and O–H groups in total. The van der Waals surface area contributed by atoms with Crippen molar-refractivity contribution >= 4 is 5.69 Å². The van der Waals surface area contributed by atoms with Crippen LogP contribution in [-0.2, 0) is 19.5 Å². The number of rotatable bonds is 5. The largest absolute Gasteiger partial charge is 0.372 e. The van der Waals surface area contributed by atoms with Gasteiger partial charge in [0.05, 0.1) is 11.3 Å². The summed E-state index contributed by atoms with van der Waals surface area (Å²) in [6, 6.07) is 8.78. The van der Waals surface area contributed by atoms with Gasteiger partial charge in [-0.2, -0.15) is 0 Å². The number of nitrogens with one attached hydrogen (secondary N) is 1. The number of anilines is 1. The van der Waals surface area contributed by atoms with Crippen LogP contribution in [0, 0.1) is 6.92 Å². The Hall–Kier alpha value is -2.14. The van der Waals surface area contributed by atoms with Gasteiger partial charge in [0.25, 0.3) is 5.56 Å². The molecule has 0 unspecified atom stereocenters. The van der Waals surface area contributed by atoms with E-state index in [4.69, 9.17) is 0 Å². The second kappa shape index (κ2) is 7.18. The summed E-state index contributed by atoms with van der Waals surface area (Å²) in [5.74, 6) is 0.708. The number of aromatic nitrogens is 2. The van der Waals surface area contributed by atoms with Crippen molar-refractivity contribution in [2.75, 3.05) is 24.5 Å². The Bertz CT molecular complexity index is 747. The number of aryl methyl sites for hydroxylation is 1. The molecule has 2 aromatic rings. The molecule has 1 aliphatic rings. The fourth-order valence-electron chi connectivity index (χ4n) is 3.40. The van der Waals surface area contributed by atoms with Crippen LogP contribution in [0.2, 0.25) is 0 Å². The molecular formula is C19H26N4O. The van der Waals surface area contributed by atoms with Gasteiger partial charge >= 0.3 is 0 Å². The van der Waals surface area contributed by atoms with Crippen LogP contribution in [0.4, 0.5) is 5.69 Å². The van der Waals surface area contributed by atoms with Crippen LogP contribution in [0.1, 0.15) is 36.5 Å². The molecule has 1 aliphatic heterocycles. The Labute approximate surface area is 143 Å². The fourth-order valence-corrected chi connectivity index (χ4v) is 3.40. The first-order chi connectivity index (χ1) is 11.6. The van der Waals surface area contributed by atoms with Crippen molar-refractivity contribution in [2.45, 2.75) is 40.3 Å². The van der Waals surface area contributed by atoms with Crippen LogP contribution >= 0.6 is 0 Å². The number of hydrogen-bond acceptors (Lipinski definition) is 4. The number of H-pyrrole nitrogens is 1. The highest BCUT2D eigenvalue weighted by Crippen LogP contribution is 2.19. The van der Waals surface area contributed by atoms with Gasteiger partial charge in [-0.25, -0.2) is 4.98 Å². The average Bonchev–Trinajstić information content (AvgIpc) is 2.58. The SMILES string of the molecule is CCN(CC)c1ccc(CN2CCc3nc(C)[nH]c(=O)c3C2)cc1. The van der Waals surface area contributed by atoms with E-state index in [9.17, 15) is 4.79 Å². The van der Waals surface area contributed by atoms with Crippen LogP contribution in [0.3, 0.4) is 0 Å². The summed E-state index contributed by atoms with van der Waals surface area (Å²) in [7, 11) is 0. The Morgan fingerprint density at radius 2 is 1.92 bits per heavy atom. The van der Waals surface area contributed by atoms with Gasteiger partial charge in [-0.1, -0.05) is 12.1 Å². The fraction of sp³-hybridized carbons (Fsp3) is 0.474. The van der Waals surface area contributed by atoms with Crippen molar-refractivity contribution in [1.29, 1.82) is 0 Å². The highest BCUT2D eigenvalue weighted by molar-refractivity contribution is 5.47. The Morgan fingerprint density at radius 3 is 2.58 bits per heavy atom. The summed E-state index contributed by atoms with van der Waals surface area (Å²) in [6.07, 6.45) is 0.845. The molecule has 0 saturated carbocycles. The van der Waals surface area contributed by atoms with Crippen LogP contribution in [0.15, 0.2) is 29.1 Å². The van der Waals surface area contributed by atoms with E-state index in [2.05, 4.69) is 57.9 Å². The molecule has 5 heteroatoms. The lowest BCUT2D eigenvalue weighted by Crippen LogP contribution is -2.35. The molecular weight excluding hydrogens is 300 g/mol. The van der Waals surface area contributed by atoms with Gasteiger partial charge in [-0.15, -0.1) is 0 Å². The summed E-state index contributed by atoms with van der Waals surface area (Å²) in [4.78, 5) is 24.1. The summed E-state index contributed by atoms with van der Waals surface area (Å²) >= 11 is 0. The molecule has 0 aliphatic carbocycles. The molecule has 0 radical (unpaired) electrons. The Morgan fingerprint density at radius 1 is 1.21 bits per heavy atom. The van der Waals surface area contributed by atoms with Crippen molar-refractivity contribution in [2.24, 2.45) is 0 Å². The smallest absolute Gasteiger partial charge is 0.255 e. The lowest BCUT2D eigenvalue weighted by atomic mass is 10.1. The van der Waals surface area contributed by atoms with Crippen molar-refractivity contribution in [3.63, 3.8) is 0 Å². The summed E-state index contributed by atoms with van der Waals surface area (Å²) in [6.45, 7) is 10.7. The maximum absolute atomic E-state index is 12.1. The molecule has 0 amide bonds. The van der Waals surface area contributed by atoms with Crippen molar-refractivity contribution in [3.05, 3.63) is 57.3 Å². The second-order valence-electron chi connectivity index (χ2n) is 6.38. The van der Waals surface area contributed by atoms with E-state index in [0.29, 0.717) is 12.4 Å². The minimum atomic E-state index is 0.0130. The predicted molar refractivity (Wildman–Crippen MR) is 97.4 cm³/mol. The van der Waals surface area contributed by atoms with Crippen LogP contribution < -0.4 is 10.5 Å². The lowest BCUT2D eigenvalue weighted by Gasteiger charge is -2.28. The third-order valence-corrected chi connectivity index (χ3v) is 4.74. The minimum absolute atomic E-state index is 0.0130. The van der Waals surface area contributed by atoms with Crippen LogP contribution in [0.5, 0.6) is 0 Å². The molecule has 1 aromatic heterocycles. The van der Waals surface area contributed by atoms with Crippen molar-refractivity contribution in [3.8, 4) is 0 Å². The molecule has 5 nitrogen and oxygen atoms in total. The van der Waals surface area contributed by atoms with Gasteiger partial charge < -0.3 is 9.88 Å². The third-order valence-electron chi connectivity index (χ3n) is 4.74. The quantitative estimate of drug-likeness (QED) is 0.917. The van der Waals surface area contributed by atoms with E-state index >= 15 is 0 Å². The number of hydrogen-bond donors (Lipinski definition) is 1. The maximum Gasteiger partial charge on any atom is 0.255 e. The van der Waals surface area contributed by atoms with Crippen molar-refractivity contribution in [1.82, 2.24) is 14.9 Å². The van der Waals surface area contributed by atoms with Crippen molar-refractivity contribution < 1.29 is 0 Å². The highest BCUT2D eigenvalue weighted by atomic mass is 16.1. The van der Waals surface area contributed by atoms with Gasteiger partial charge in [0.2, 0.25) is 0 Å². The van der Waals surface area contributed by atoms with E-state index in [1.54, 1.807) is 0 Å². The monoisotopic (exact) mass is 326 g/mol. The molecule has 128 valence electrons. The lowest BCUT2D eigenvalue weighted by molar-refractivity contribution is 0.241. The van der Waals surface area contributed by atoms with E-state index in [0.717, 1.165) is 43.9 Å². The number of fused-ring (bicyclic) bond motifs is 1. The first-order valence-electron chi connectivity index (χ1n) is 8.75. The molecule has 0 saturated heterocycles. The zero-order valence-corrected chi connectivity index (χ0v) is 14.8. The number of nitrogens with zero attached hydrogens (tertiary/aromatic N) is 3. The summed E-state index contributed by atoms with van der Waals surface area (Å²) in [5, 5.41) is 0. The van der Waals surface area contributed by atoms with E-state index in [-0.39, 0.29) is 5.56 Å². The first-order valence-corrected chi connectivity index (χ1v) is 8.75. The van der Waals surface area contributed by atoms with E-state index < -0.39 is 0 Å². The van der Waals surface area contributed by atoms with E-state index in [1.165, 1.54) is 11.3 Å².